The van der Waals surface area contributed by atoms with E-state index in [0.29, 0.717) is 11.6 Å². The molecule has 2 aromatic rings. The second-order valence-corrected chi connectivity index (χ2v) is 6.04. The van der Waals surface area contributed by atoms with Crippen molar-refractivity contribution in [1.82, 2.24) is 15.5 Å². The minimum Gasteiger partial charge on any atom is -0.337 e. The van der Waals surface area contributed by atoms with Crippen molar-refractivity contribution in [2.24, 2.45) is 0 Å². The Balaban J connectivity index is 1.99. The van der Waals surface area contributed by atoms with Crippen LogP contribution >= 0.6 is 11.8 Å². The Bertz CT molecular complexity index is 534. The zero-order valence-corrected chi connectivity index (χ0v) is 12.5. The molecule has 0 aliphatic heterocycles. The van der Waals surface area contributed by atoms with E-state index in [9.17, 15) is 0 Å². The Morgan fingerprint density at radius 1 is 1.26 bits per heavy atom. The fraction of sp³-hybridized carbons (Fsp3) is 0.429. The van der Waals surface area contributed by atoms with Crippen LogP contribution in [0.25, 0.3) is 0 Å². The van der Waals surface area contributed by atoms with E-state index < -0.39 is 0 Å². The Hall–Kier alpha value is -1.33. The van der Waals surface area contributed by atoms with Crippen molar-refractivity contribution in [2.75, 3.05) is 7.05 Å². The van der Waals surface area contributed by atoms with Crippen LogP contribution in [-0.2, 0) is 11.3 Å². The number of hydrogen-bond acceptors (Lipinski definition) is 5. The molecule has 0 fully saturated rings. The third-order valence-electron chi connectivity index (χ3n) is 3.02. The zero-order chi connectivity index (χ0) is 13.9. The minimum atomic E-state index is -0.292. The first-order valence-electron chi connectivity index (χ1n) is 6.23. The number of benzene rings is 1. The SMILES string of the molecule is CNC(C)(C)c1nc(CSc2ccc(C)cc2)no1. The molecule has 1 N–H and O–H groups in total. The summed E-state index contributed by atoms with van der Waals surface area (Å²) in [7, 11) is 1.88. The Morgan fingerprint density at radius 2 is 1.95 bits per heavy atom. The normalized spacial score (nSPS) is 11.8. The fourth-order valence-corrected chi connectivity index (χ4v) is 2.20. The van der Waals surface area contributed by atoms with Gasteiger partial charge in [-0.3, -0.25) is 0 Å². The molecule has 0 radical (unpaired) electrons. The van der Waals surface area contributed by atoms with Crippen molar-refractivity contribution < 1.29 is 4.52 Å². The van der Waals surface area contributed by atoms with Gasteiger partial charge in [0.1, 0.15) is 0 Å². The number of aromatic nitrogens is 2. The van der Waals surface area contributed by atoms with Crippen LogP contribution < -0.4 is 5.32 Å². The highest BCUT2D eigenvalue weighted by atomic mass is 32.2. The first kappa shape index (κ1) is 14.1. The molecule has 4 nitrogen and oxygen atoms in total. The molecule has 1 heterocycles. The molecular formula is C14H19N3OS. The van der Waals surface area contributed by atoms with Gasteiger partial charge in [0.2, 0.25) is 5.89 Å². The van der Waals surface area contributed by atoms with Gasteiger partial charge in [-0.25, -0.2) is 0 Å². The molecule has 0 atom stereocenters. The lowest BCUT2D eigenvalue weighted by molar-refractivity contribution is 0.280. The summed E-state index contributed by atoms with van der Waals surface area (Å²) in [5, 5.41) is 7.16. The average Bonchev–Trinajstić information content (AvgIpc) is 2.88. The Morgan fingerprint density at radius 3 is 2.58 bits per heavy atom. The lowest BCUT2D eigenvalue weighted by atomic mass is 10.1. The average molecular weight is 277 g/mol. The molecule has 0 saturated carbocycles. The van der Waals surface area contributed by atoms with E-state index in [1.54, 1.807) is 11.8 Å². The molecule has 0 spiro atoms. The number of nitrogens with zero attached hydrogens (tertiary/aromatic N) is 2. The van der Waals surface area contributed by atoms with Crippen LogP contribution in [0.1, 0.15) is 31.1 Å². The summed E-state index contributed by atoms with van der Waals surface area (Å²) in [6.45, 7) is 6.11. The van der Waals surface area contributed by atoms with Gasteiger partial charge < -0.3 is 9.84 Å². The summed E-state index contributed by atoms with van der Waals surface area (Å²) in [5.41, 5.74) is 0.974. The first-order chi connectivity index (χ1) is 9.01. The van der Waals surface area contributed by atoms with E-state index in [1.807, 2.05) is 20.9 Å². The second kappa shape index (κ2) is 5.75. The van der Waals surface area contributed by atoms with Gasteiger partial charge in [0.25, 0.3) is 0 Å². The number of rotatable bonds is 5. The molecular weight excluding hydrogens is 258 g/mol. The van der Waals surface area contributed by atoms with Crippen molar-refractivity contribution >= 4 is 11.8 Å². The third kappa shape index (κ3) is 3.58. The summed E-state index contributed by atoms with van der Waals surface area (Å²) in [6.07, 6.45) is 0. The summed E-state index contributed by atoms with van der Waals surface area (Å²) < 4.78 is 5.29. The van der Waals surface area contributed by atoms with Gasteiger partial charge in [-0.05, 0) is 40.0 Å². The van der Waals surface area contributed by atoms with E-state index >= 15 is 0 Å². The largest absolute Gasteiger partial charge is 0.337 e. The number of nitrogens with one attached hydrogen (secondary N) is 1. The van der Waals surface area contributed by atoms with Crippen molar-refractivity contribution in [1.29, 1.82) is 0 Å². The Labute approximate surface area is 118 Å². The second-order valence-electron chi connectivity index (χ2n) is 4.99. The number of aryl methyl sites for hydroxylation is 1. The third-order valence-corrected chi connectivity index (χ3v) is 4.02. The number of thioether (sulfide) groups is 1. The highest BCUT2D eigenvalue weighted by molar-refractivity contribution is 7.98. The van der Waals surface area contributed by atoms with Crippen molar-refractivity contribution in [3.63, 3.8) is 0 Å². The predicted molar refractivity (Wildman–Crippen MR) is 77.1 cm³/mol. The van der Waals surface area contributed by atoms with E-state index in [0.717, 1.165) is 5.82 Å². The lowest BCUT2D eigenvalue weighted by Gasteiger charge is -2.17. The highest BCUT2D eigenvalue weighted by Gasteiger charge is 2.25. The topological polar surface area (TPSA) is 51.0 Å². The molecule has 0 aliphatic rings. The zero-order valence-electron chi connectivity index (χ0n) is 11.7. The van der Waals surface area contributed by atoms with Crippen LogP contribution in [-0.4, -0.2) is 17.2 Å². The monoisotopic (exact) mass is 277 g/mol. The van der Waals surface area contributed by atoms with Gasteiger partial charge in [-0.2, -0.15) is 4.98 Å². The van der Waals surface area contributed by atoms with Crippen LogP contribution in [0.5, 0.6) is 0 Å². The van der Waals surface area contributed by atoms with E-state index in [1.165, 1.54) is 10.5 Å². The van der Waals surface area contributed by atoms with Crippen molar-refractivity contribution in [3.8, 4) is 0 Å². The smallest absolute Gasteiger partial charge is 0.246 e. The van der Waals surface area contributed by atoms with Gasteiger partial charge in [-0.15, -0.1) is 11.8 Å². The number of hydrogen-bond donors (Lipinski definition) is 1. The molecule has 0 aliphatic carbocycles. The first-order valence-corrected chi connectivity index (χ1v) is 7.21. The van der Waals surface area contributed by atoms with E-state index in [2.05, 4.69) is 46.6 Å². The molecule has 0 saturated heterocycles. The highest BCUT2D eigenvalue weighted by Crippen LogP contribution is 2.23. The van der Waals surface area contributed by atoms with Crippen LogP contribution in [0.15, 0.2) is 33.7 Å². The maximum Gasteiger partial charge on any atom is 0.246 e. The molecule has 0 unspecified atom stereocenters. The molecule has 0 bridgehead atoms. The summed E-state index contributed by atoms with van der Waals surface area (Å²) in [4.78, 5) is 5.64. The quantitative estimate of drug-likeness (QED) is 0.851. The molecule has 102 valence electrons. The molecule has 1 aromatic heterocycles. The summed E-state index contributed by atoms with van der Waals surface area (Å²) in [5.74, 6) is 2.06. The van der Waals surface area contributed by atoms with Crippen molar-refractivity contribution in [2.45, 2.75) is 37.0 Å². The maximum atomic E-state index is 5.29. The van der Waals surface area contributed by atoms with Gasteiger partial charge in [-0.1, -0.05) is 22.9 Å². The van der Waals surface area contributed by atoms with Crippen LogP contribution in [0, 0.1) is 6.92 Å². The maximum absolute atomic E-state index is 5.29. The van der Waals surface area contributed by atoms with E-state index in [-0.39, 0.29) is 5.54 Å². The Kier molecular flexibility index (Phi) is 4.27. The van der Waals surface area contributed by atoms with Crippen LogP contribution in [0.3, 0.4) is 0 Å². The lowest BCUT2D eigenvalue weighted by Crippen LogP contribution is -2.33. The summed E-state index contributed by atoms with van der Waals surface area (Å²) >= 11 is 1.71. The molecule has 2 rings (SSSR count). The molecule has 19 heavy (non-hydrogen) atoms. The summed E-state index contributed by atoms with van der Waals surface area (Å²) in [6, 6.07) is 8.43. The van der Waals surface area contributed by atoms with Crippen LogP contribution in [0.2, 0.25) is 0 Å². The minimum absolute atomic E-state index is 0.292. The van der Waals surface area contributed by atoms with Crippen molar-refractivity contribution in [3.05, 3.63) is 41.5 Å². The van der Waals surface area contributed by atoms with Gasteiger partial charge >= 0.3 is 0 Å². The van der Waals surface area contributed by atoms with Crippen LogP contribution in [0.4, 0.5) is 0 Å². The van der Waals surface area contributed by atoms with E-state index in [4.69, 9.17) is 4.52 Å². The van der Waals surface area contributed by atoms with Gasteiger partial charge in [0, 0.05) is 4.90 Å². The van der Waals surface area contributed by atoms with Gasteiger partial charge in [0.05, 0.1) is 11.3 Å². The van der Waals surface area contributed by atoms with Gasteiger partial charge in [0.15, 0.2) is 5.82 Å². The molecule has 1 aromatic carbocycles. The molecule has 5 heteroatoms. The fourth-order valence-electron chi connectivity index (χ4n) is 1.46. The molecule has 0 amide bonds. The predicted octanol–water partition coefficient (Wildman–Crippen LogP) is 3.12. The standard InChI is InChI=1S/C14H19N3OS/c1-10-5-7-11(8-6-10)19-9-12-16-13(18-17-12)14(2,3)15-4/h5-8,15H,9H2,1-4H3.